The molecule has 0 saturated heterocycles. The minimum atomic E-state index is -4.06. The first-order chi connectivity index (χ1) is 18.5. The zero-order valence-electron chi connectivity index (χ0n) is 23.4. The summed E-state index contributed by atoms with van der Waals surface area (Å²) in [5, 5.41) is 2.95. The molecule has 1 atom stereocenters. The van der Waals surface area contributed by atoms with Crippen molar-refractivity contribution in [3.05, 3.63) is 95.6 Å². The SMILES string of the molecule is CC[C@@H](C(=O)NCC(C)C)N(Cc1ccc(C)cc1)C(=O)CN(c1ccc(C)cc1)S(=O)(=O)c1ccccc1. The maximum atomic E-state index is 14.0. The largest absolute Gasteiger partial charge is 0.354 e. The normalized spacial score (nSPS) is 12.2. The molecule has 0 aliphatic heterocycles. The fourth-order valence-corrected chi connectivity index (χ4v) is 5.63. The van der Waals surface area contributed by atoms with Crippen LogP contribution in [0.5, 0.6) is 0 Å². The van der Waals surface area contributed by atoms with E-state index < -0.39 is 28.5 Å². The predicted molar refractivity (Wildman–Crippen MR) is 156 cm³/mol. The number of carbonyl (C=O) groups is 2. The van der Waals surface area contributed by atoms with Gasteiger partial charge < -0.3 is 10.2 Å². The molecular formula is C31H39N3O4S. The summed E-state index contributed by atoms with van der Waals surface area (Å²) in [6.07, 6.45) is 0.386. The molecule has 3 aromatic carbocycles. The topological polar surface area (TPSA) is 86.8 Å². The monoisotopic (exact) mass is 549 g/mol. The highest BCUT2D eigenvalue weighted by Gasteiger charge is 2.33. The van der Waals surface area contributed by atoms with Crippen LogP contribution < -0.4 is 9.62 Å². The first-order valence-corrected chi connectivity index (χ1v) is 14.7. The van der Waals surface area contributed by atoms with Crippen LogP contribution in [0.15, 0.2) is 83.8 Å². The number of carbonyl (C=O) groups excluding carboxylic acids is 2. The molecule has 0 aliphatic carbocycles. The van der Waals surface area contributed by atoms with Gasteiger partial charge in [0.25, 0.3) is 10.0 Å². The summed E-state index contributed by atoms with van der Waals surface area (Å²) >= 11 is 0. The Hall–Kier alpha value is -3.65. The number of anilines is 1. The summed E-state index contributed by atoms with van der Waals surface area (Å²) in [5.74, 6) is -0.456. The summed E-state index contributed by atoms with van der Waals surface area (Å²) in [6, 6.07) is 22.1. The molecule has 3 aromatic rings. The number of amides is 2. The summed E-state index contributed by atoms with van der Waals surface area (Å²) < 4.78 is 28.7. The van der Waals surface area contributed by atoms with E-state index in [1.54, 1.807) is 30.3 Å². The average molecular weight is 550 g/mol. The molecule has 0 bridgehead atoms. The van der Waals surface area contributed by atoms with Crippen LogP contribution >= 0.6 is 0 Å². The van der Waals surface area contributed by atoms with Gasteiger partial charge in [-0.1, -0.05) is 86.5 Å². The molecule has 39 heavy (non-hydrogen) atoms. The number of benzene rings is 3. The van der Waals surface area contributed by atoms with Gasteiger partial charge in [-0.2, -0.15) is 0 Å². The van der Waals surface area contributed by atoms with Gasteiger partial charge in [0, 0.05) is 13.1 Å². The van der Waals surface area contributed by atoms with Crippen molar-refractivity contribution in [2.75, 3.05) is 17.4 Å². The molecule has 0 radical (unpaired) electrons. The van der Waals surface area contributed by atoms with E-state index in [1.165, 1.54) is 17.0 Å². The molecule has 8 heteroatoms. The van der Waals surface area contributed by atoms with Gasteiger partial charge in [0.1, 0.15) is 12.6 Å². The average Bonchev–Trinajstić information content (AvgIpc) is 2.92. The summed E-state index contributed by atoms with van der Waals surface area (Å²) in [6.45, 7) is 9.98. The van der Waals surface area contributed by atoms with E-state index in [0.29, 0.717) is 18.7 Å². The minimum Gasteiger partial charge on any atom is -0.354 e. The van der Waals surface area contributed by atoms with Gasteiger partial charge in [-0.25, -0.2) is 8.42 Å². The van der Waals surface area contributed by atoms with E-state index in [4.69, 9.17) is 0 Å². The van der Waals surface area contributed by atoms with Crippen LogP contribution in [0.25, 0.3) is 0 Å². The standard InChI is InChI=1S/C31H39N3O4S/c1-6-29(31(36)32-20-23(2)3)33(21-26-16-12-24(4)13-17-26)30(35)22-34(27-18-14-25(5)15-19-27)39(37,38)28-10-8-7-9-11-28/h7-19,23,29H,6,20-22H2,1-5H3,(H,32,36)/t29-/m0/s1. The molecule has 208 valence electrons. The van der Waals surface area contributed by atoms with Crippen molar-refractivity contribution in [2.45, 2.75) is 58.5 Å². The fraction of sp³-hybridized carbons (Fsp3) is 0.355. The number of sulfonamides is 1. The molecule has 0 fully saturated rings. The molecule has 0 unspecified atom stereocenters. The molecule has 3 rings (SSSR count). The molecule has 1 N–H and O–H groups in total. The highest BCUT2D eigenvalue weighted by Crippen LogP contribution is 2.25. The Kier molecular flexibility index (Phi) is 10.3. The van der Waals surface area contributed by atoms with Crippen molar-refractivity contribution in [1.29, 1.82) is 0 Å². The summed E-state index contributed by atoms with van der Waals surface area (Å²) in [4.78, 5) is 28.9. The van der Waals surface area contributed by atoms with E-state index in [1.807, 2.05) is 71.0 Å². The molecule has 0 aromatic heterocycles. The van der Waals surface area contributed by atoms with Crippen LogP contribution in [-0.2, 0) is 26.2 Å². The zero-order valence-corrected chi connectivity index (χ0v) is 24.2. The second kappa shape index (κ2) is 13.4. The van der Waals surface area contributed by atoms with Gasteiger partial charge >= 0.3 is 0 Å². The first kappa shape index (κ1) is 29.9. The summed E-state index contributed by atoms with van der Waals surface area (Å²) in [7, 11) is -4.06. The van der Waals surface area contributed by atoms with E-state index in [9.17, 15) is 18.0 Å². The van der Waals surface area contributed by atoms with Crippen molar-refractivity contribution in [2.24, 2.45) is 5.92 Å². The number of rotatable bonds is 12. The molecule has 0 spiro atoms. The Morgan fingerprint density at radius 2 is 1.41 bits per heavy atom. The van der Waals surface area contributed by atoms with Crippen LogP contribution in [0.1, 0.15) is 43.9 Å². The van der Waals surface area contributed by atoms with E-state index >= 15 is 0 Å². The molecule has 0 saturated carbocycles. The van der Waals surface area contributed by atoms with Crippen LogP contribution in [0, 0.1) is 19.8 Å². The van der Waals surface area contributed by atoms with Crippen LogP contribution in [0.3, 0.4) is 0 Å². The number of nitrogens with zero attached hydrogens (tertiary/aromatic N) is 2. The predicted octanol–water partition coefficient (Wildman–Crippen LogP) is 5.08. The van der Waals surface area contributed by atoms with Gasteiger partial charge in [-0.15, -0.1) is 0 Å². The van der Waals surface area contributed by atoms with Crippen LogP contribution in [0.2, 0.25) is 0 Å². The third-order valence-corrected chi connectivity index (χ3v) is 8.26. The third kappa shape index (κ3) is 7.93. The van der Waals surface area contributed by atoms with Gasteiger partial charge in [0.05, 0.1) is 10.6 Å². The smallest absolute Gasteiger partial charge is 0.264 e. The van der Waals surface area contributed by atoms with E-state index in [2.05, 4.69) is 5.32 Å². The lowest BCUT2D eigenvalue weighted by Gasteiger charge is -2.33. The highest BCUT2D eigenvalue weighted by atomic mass is 32.2. The van der Waals surface area contributed by atoms with Gasteiger partial charge in [-0.05, 0) is 56.0 Å². The Labute approximate surface area is 232 Å². The lowest BCUT2D eigenvalue weighted by Crippen LogP contribution is -2.52. The fourth-order valence-electron chi connectivity index (χ4n) is 4.19. The number of nitrogens with one attached hydrogen (secondary N) is 1. The Balaban J connectivity index is 2.02. The Morgan fingerprint density at radius 1 is 0.846 bits per heavy atom. The highest BCUT2D eigenvalue weighted by molar-refractivity contribution is 7.92. The quantitative estimate of drug-likeness (QED) is 0.341. The van der Waals surface area contributed by atoms with E-state index in [0.717, 1.165) is 21.0 Å². The van der Waals surface area contributed by atoms with Crippen LogP contribution in [0.4, 0.5) is 5.69 Å². The van der Waals surface area contributed by atoms with Gasteiger partial charge in [0.2, 0.25) is 11.8 Å². The zero-order chi connectivity index (χ0) is 28.6. The first-order valence-electron chi connectivity index (χ1n) is 13.3. The lowest BCUT2D eigenvalue weighted by molar-refractivity contribution is -0.140. The maximum absolute atomic E-state index is 14.0. The molecular weight excluding hydrogens is 510 g/mol. The Bertz CT molecular complexity index is 1340. The van der Waals surface area contributed by atoms with E-state index in [-0.39, 0.29) is 23.3 Å². The molecule has 7 nitrogen and oxygen atoms in total. The minimum absolute atomic E-state index is 0.0881. The second-order valence-electron chi connectivity index (χ2n) is 10.2. The number of hydrogen-bond acceptors (Lipinski definition) is 4. The van der Waals surface area contributed by atoms with Gasteiger partial charge in [0.15, 0.2) is 0 Å². The van der Waals surface area contributed by atoms with Crippen molar-refractivity contribution in [3.63, 3.8) is 0 Å². The lowest BCUT2D eigenvalue weighted by atomic mass is 10.1. The number of aryl methyl sites for hydroxylation is 2. The Morgan fingerprint density at radius 3 is 1.95 bits per heavy atom. The van der Waals surface area contributed by atoms with Crippen molar-refractivity contribution in [3.8, 4) is 0 Å². The molecule has 2 amide bonds. The second-order valence-corrected chi connectivity index (χ2v) is 12.1. The molecule has 0 aliphatic rings. The summed E-state index contributed by atoms with van der Waals surface area (Å²) in [5.41, 5.74) is 3.29. The van der Waals surface area contributed by atoms with Crippen molar-refractivity contribution >= 4 is 27.5 Å². The van der Waals surface area contributed by atoms with Crippen molar-refractivity contribution in [1.82, 2.24) is 10.2 Å². The number of hydrogen-bond donors (Lipinski definition) is 1. The van der Waals surface area contributed by atoms with Gasteiger partial charge in [-0.3, -0.25) is 13.9 Å². The third-order valence-electron chi connectivity index (χ3n) is 6.48. The maximum Gasteiger partial charge on any atom is 0.264 e. The van der Waals surface area contributed by atoms with Crippen molar-refractivity contribution < 1.29 is 18.0 Å². The van der Waals surface area contributed by atoms with Crippen LogP contribution in [-0.4, -0.2) is 44.3 Å². The molecule has 0 heterocycles.